The Morgan fingerprint density at radius 1 is 0.854 bits per heavy atom. The van der Waals surface area contributed by atoms with Gasteiger partial charge in [0.2, 0.25) is 11.8 Å². The molecule has 2 N–H and O–H groups in total. The Kier molecular flexibility index (Phi) is 11.9. The first-order valence-corrected chi connectivity index (χ1v) is 14.0. The number of nitrogens with zero attached hydrogens (tertiary/aromatic N) is 2. The molecule has 0 saturated heterocycles. The minimum Gasteiger partial charge on any atom is -0.445 e. The van der Waals surface area contributed by atoms with Gasteiger partial charge in [-0.15, -0.1) is 5.10 Å². The number of ether oxygens (including phenoxy) is 1. The maximum atomic E-state index is 13.3. The Morgan fingerprint density at radius 2 is 1.44 bits per heavy atom. The summed E-state index contributed by atoms with van der Waals surface area (Å²) in [5.74, 6) is -1.20. The van der Waals surface area contributed by atoms with Gasteiger partial charge in [0.25, 0.3) is 0 Å². The van der Waals surface area contributed by atoms with Gasteiger partial charge in [-0.25, -0.2) is 9.59 Å². The van der Waals surface area contributed by atoms with Crippen LogP contribution in [0.2, 0.25) is 0 Å². The number of benzene rings is 2. The number of nitrogens with one attached hydrogen (secondary N) is 2. The number of amides is 2. The van der Waals surface area contributed by atoms with Crippen molar-refractivity contribution in [1.82, 2.24) is 20.4 Å². The predicted molar refractivity (Wildman–Crippen MR) is 158 cm³/mol. The largest absolute Gasteiger partial charge is 0.445 e. The van der Waals surface area contributed by atoms with Crippen molar-refractivity contribution in [2.45, 2.75) is 78.6 Å². The molecule has 41 heavy (non-hydrogen) atoms. The van der Waals surface area contributed by atoms with Crippen molar-refractivity contribution in [2.75, 3.05) is 0 Å². The number of hydrogen-bond donors (Lipinski definition) is 2. The van der Waals surface area contributed by atoms with Crippen LogP contribution in [0.15, 0.2) is 69.9 Å². The van der Waals surface area contributed by atoms with Crippen LogP contribution in [0.3, 0.4) is 0 Å². The molecule has 3 aromatic rings. The van der Waals surface area contributed by atoms with E-state index in [2.05, 4.69) is 15.7 Å². The van der Waals surface area contributed by atoms with Gasteiger partial charge >= 0.3 is 11.8 Å². The van der Waals surface area contributed by atoms with Crippen molar-refractivity contribution < 1.29 is 26.4 Å². The van der Waals surface area contributed by atoms with E-state index < -0.39 is 29.8 Å². The molecule has 2 atom stereocenters. The summed E-state index contributed by atoms with van der Waals surface area (Å²) in [4.78, 5) is 51.5. The number of Topliss-reactive ketones (excluding diaryl/α,β-unsaturated/α-hetero) is 1. The fourth-order valence-corrected chi connectivity index (χ4v) is 4.33. The lowest BCUT2D eigenvalue weighted by Gasteiger charge is -2.24. The summed E-state index contributed by atoms with van der Waals surface area (Å²) in [6.45, 7) is 7.45. The molecule has 0 fully saturated rings. The van der Waals surface area contributed by atoms with Gasteiger partial charge in [0.1, 0.15) is 19.2 Å². The molecule has 0 bridgehead atoms. The van der Waals surface area contributed by atoms with Crippen LogP contribution in [0.1, 0.15) is 60.4 Å². The summed E-state index contributed by atoms with van der Waals surface area (Å²) in [7, 11) is 0. The highest BCUT2D eigenvalue weighted by molar-refractivity contribution is 5.92. The minimum atomic E-state index is -0.903. The molecule has 1 heterocycles. The van der Waals surface area contributed by atoms with Crippen LogP contribution in [0.4, 0.5) is 4.79 Å². The maximum absolute atomic E-state index is 13.3. The molecule has 2 aromatic carbocycles. The van der Waals surface area contributed by atoms with Crippen LogP contribution in [0.5, 0.6) is 0 Å². The minimum absolute atomic E-state index is 0. The molecule has 0 unspecified atom stereocenters. The molecule has 0 spiro atoms. The molecule has 10 heteroatoms. The maximum Gasteiger partial charge on any atom is 0.437 e. The summed E-state index contributed by atoms with van der Waals surface area (Å²) in [5, 5.41) is 9.63. The summed E-state index contributed by atoms with van der Waals surface area (Å²) < 4.78 is 11.5. The number of aromatic nitrogens is 2. The average Bonchev–Trinajstić information content (AvgIpc) is 3.29. The number of ketones is 1. The normalized spacial score (nSPS) is 12.6. The second-order valence-electron chi connectivity index (χ2n) is 11.0. The standard InChI is InChI=1S/C31H40N4O6.2H2/c1-21(2)17-25(27(36)19-35-31(39)41-28(34-35)16-15-23-11-7-5-8-12-23)32-29(37)26(18-22(3)4)33-30(38)40-20-24-13-9-6-10-14-24;;/h5-14,21-22,25-26H,15-20H2,1-4H3,(H,32,37)(H,33,38);2*1H/t25-,26-;;/m0../s1. The van der Waals surface area contributed by atoms with Crippen LogP contribution in [-0.2, 0) is 40.3 Å². The van der Waals surface area contributed by atoms with E-state index >= 15 is 0 Å². The molecular weight excluding hydrogens is 524 g/mol. The zero-order valence-electron chi connectivity index (χ0n) is 24.2. The molecular formula is C31H44N4O6. The van der Waals surface area contributed by atoms with Gasteiger partial charge < -0.3 is 19.8 Å². The second kappa shape index (κ2) is 15.5. The first kappa shape index (κ1) is 31.3. The highest BCUT2D eigenvalue weighted by atomic mass is 16.5. The molecule has 224 valence electrons. The Morgan fingerprint density at radius 3 is 2.05 bits per heavy atom. The third-order valence-corrected chi connectivity index (χ3v) is 6.36. The lowest BCUT2D eigenvalue weighted by Crippen LogP contribution is -2.53. The SMILES string of the molecule is CC(C)C[C@H](NC(=O)[C@H](CC(C)C)NC(=O)OCc1ccccc1)C(=O)Cn1nc(CCc2ccccc2)oc1=O.[HH].[HH]. The van der Waals surface area contributed by atoms with Gasteiger partial charge in [0.05, 0.1) is 6.04 Å². The van der Waals surface area contributed by atoms with Gasteiger partial charge in [0, 0.05) is 9.27 Å². The lowest BCUT2D eigenvalue weighted by molar-refractivity contribution is -0.130. The third-order valence-electron chi connectivity index (χ3n) is 6.36. The van der Waals surface area contributed by atoms with Gasteiger partial charge in [-0.05, 0) is 42.2 Å². The second-order valence-corrected chi connectivity index (χ2v) is 11.0. The van der Waals surface area contributed by atoms with E-state index in [9.17, 15) is 19.2 Å². The molecule has 0 radical (unpaired) electrons. The quantitative estimate of drug-likeness (QED) is 0.275. The zero-order chi connectivity index (χ0) is 29.8. The fraction of sp³-hybridized carbons (Fsp3) is 0.452. The molecule has 0 aliphatic heterocycles. The van der Waals surface area contributed by atoms with E-state index in [1.165, 1.54) is 0 Å². The van der Waals surface area contributed by atoms with E-state index in [0.717, 1.165) is 15.8 Å². The Balaban J connectivity index is 0.00000462. The molecule has 0 aliphatic carbocycles. The van der Waals surface area contributed by atoms with Crippen LogP contribution >= 0.6 is 0 Å². The van der Waals surface area contributed by atoms with E-state index in [1.807, 2.05) is 88.4 Å². The Hall–Kier alpha value is -4.21. The van der Waals surface area contributed by atoms with Gasteiger partial charge in [-0.3, -0.25) is 9.59 Å². The Bertz CT molecular complexity index is 1330. The van der Waals surface area contributed by atoms with Crippen molar-refractivity contribution >= 4 is 17.8 Å². The summed E-state index contributed by atoms with van der Waals surface area (Å²) >= 11 is 0. The summed E-state index contributed by atoms with van der Waals surface area (Å²) in [6, 6.07) is 17.2. The first-order valence-electron chi connectivity index (χ1n) is 14.0. The van der Waals surface area contributed by atoms with E-state index in [-0.39, 0.29) is 39.5 Å². The van der Waals surface area contributed by atoms with Crippen LogP contribution in [-0.4, -0.2) is 39.6 Å². The van der Waals surface area contributed by atoms with E-state index in [4.69, 9.17) is 9.15 Å². The molecule has 2 amide bonds. The van der Waals surface area contributed by atoms with Crippen molar-refractivity contribution in [1.29, 1.82) is 0 Å². The smallest absolute Gasteiger partial charge is 0.437 e. The number of rotatable bonds is 15. The number of aryl methyl sites for hydroxylation is 2. The van der Waals surface area contributed by atoms with Gasteiger partial charge in [0.15, 0.2) is 5.78 Å². The number of carbonyl (C=O) groups is 3. The number of carbonyl (C=O) groups excluding carboxylic acids is 3. The monoisotopic (exact) mass is 568 g/mol. The highest BCUT2D eigenvalue weighted by Gasteiger charge is 2.29. The predicted octanol–water partition coefficient (Wildman–Crippen LogP) is 4.55. The van der Waals surface area contributed by atoms with Crippen LogP contribution in [0.25, 0.3) is 0 Å². The molecule has 0 aliphatic rings. The summed E-state index contributed by atoms with van der Waals surface area (Å²) in [6.07, 6.45) is 1.03. The molecule has 1 aromatic heterocycles. The van der Waals surface area contributed by atoms with E-state index in [1.54, 1.807) is 0 Å². The number of hydrogen-bond acceptors (Lipinski definition) is 7. The van der Waals surface area contributed by atoms with Crippen molar-refractivity contribution in [2.24, 2.45) is 11.8 Å². The van der Waals surface area contributed by atoms with Crippen molar-refractivity contribution in [3.8, 4) is 0 Å². The molecule has 10 nitrogen and oxygen atoms in total. The van der Waals surface area contributed by atoms with Crippen molar-refractivity contribution in [3.05, 3.63) is 88.2 Å². The fourth-order valence-electron chi connectivity index (χ4n) is 4.33. The van der Waals surface area contributed by atoms with Gasteiger partial charge in [-0.2, -0.15) is 4.68 Å². The van der Waals surface area contributed by atoms with Gasteiger partial charge in [-0.1, -0.05) is 88.4 Å². The third kappa shape index (κ3) is 10.7. The zero-order valence-corrected chi connectivity index (χ0v) is 24.2. The Labute approximate surface area is 243 Å². The van der Waals surface area contributed by atoms with Crippen LogP contribution < -0.4 is 16.4 Å². The number of alkyl carbamates (subject to hydrolysis) is 1. The lowest BCUT2D eigenvalue weighted by atomic mass is 9.98. The topological polar surface area (TPSA) is 133 Å². The first-order chi connectivity index (χ1) is 19.6. The molecule has 0 saturated carbocycles. The molecule has 3 rings (SSSR count). The van der Waals surface area contributed by atoms with Crippen molar-refractivity contribution in [3.63, 3.8) is 0 Å². The highest BCUT2D eigenvalue weighted by Crippen LogP contribution is 2.11. The average molecular weight is 569 g/mol. The summed E-state index contributed by atoms with van der Waals surface area (Å²) in [5.41, 5.74) is 1.90. The van der Waals surface area contributed by atoms with E-state index in [0.29, 0.717) is 25.7 Å². The van der Waals surface area contributed by atoms with Crippen LogP contribution in [0, 0.1) is 11.8 Å².